The Bertz CT molecular complexity index is 1060. The summed E-state index contributed by atoms with van der Waals surface area (Å²) in [5.41, 5.74) is 0.178. The number of oxazole rings is 1. The molecule has 0 aromatic carbocycles. The van der Waals surface area contributed by atoms with E-state index in [-0.39, 0.29) is 23.4 Å². The van der Waals surface area contributed by atoms with Gasteiger partial charge in [0.05, 0.1) is 11.1 Å². The number of piperazine rings is 1. The average Bonchev–Trinajstić information content (AvgIpc) is 3.54. The smallest absolute Gasteiger partial charge is 0.266 e. The minimum Gasteiger partial charge on any atom is -0.459 e. The minimum atomic E-state index is -0.628. The molecule has 9 nitrogen and oxygen atoms in total. The van der Waals surface area contributed by atoms with Gasteiger partial charge in [0.2, 0.25) is 17.5 Å². The summed E-state index contributed by atoms with van der Waals surface area (Å²) in [6.07, 6.45) is 1.51. The molecule has 30 heavy (non-hydrogen) atoms. The number of carbonyl (C=O) groups is 2. The first kappa shape index (κ1) is 19.7. The van der Waals surface area contributed by atoms with Crippen LogP contribution in [-0.2, 0) is 4.79 Å². The van der Waals surface area contributed by atoms with E-state index in [1.165, 1.54) is 17.6 Å². The van der Waals surface area contributed by atoms with E-state index < -0.39 is 6.04 Å². The summed E-state index contributed by atoms with van der Waals surface area (Å²) in [6.45, 7) is 3.54. The van der Waals surface area contributed by atoms with E-state index in [4.69, 9.17) is 8.83 Å². The van der Waals surface area contributed by atoms with Crippen LogP contribution in [0.2, 0.25) is 0 Å². The van der Waals surface area contributed by atoms with Crippen LogP contribution in [0.3, 0.4) is 0 Å². The van der Waals surface area contributed by atoms with Gasteiger partial charge in [-0.2, -0.15) is 10.2 Å². The van der Waals surface area contributed by atoms with E-state index in [2.05, 4.69) is 10.3 Å². The van der Waals surface area contributed by atoms with Crippen molar-refractivity contribution >= 4 is 29.0 Å². The molecule has 0 unspecified atom stereocenters. The first-order chi connectivity index (χ1) is 14.6. The lowest BCUT2D eigenvalue weighted by atomic mass is 10.2. The van der Waals surface area contributed by atoms with Crippen LogP contribution in [0.4, 0.5) is 5.88 Å². The predicted octanol–water partition coefficient (Wildman–Crippen LogP) is 2.33. The zero-order valence-electron chi connectivity index (χ0n) is 16.2. The Balaban J connectivity index is 1.37. The number of furan rings is 1. The minimum absolute atomic E-state index is 0.145. The third kappa shape index (κ3) is 3.92. The molecule has 154 valence electrons. The normalized spacial score (nSPS) is 14.9. The molecule has 1 atom stereocenters. The number of nitriles is 1. The Morgan fingerprint density at radius 1 is 1.27 bits per heavy atom. The van der Waals surface area contributed by atoms with Gasteiger partial charge in [-0.3, -0.25) is 9.59 Å². The third-order valence-electron chi connectivity index (χ3n) is 4.79. The zero-order chi connectivity index (χ0) is 21.1. The number of anilines is 1. The summed E-state index contributed by atoms with van der Waals surface area (Å²) < 4.78 is 11.0. The maximum atomic E-state index is 12.7. The van der Waals surface area contributed by atoms with Crippen molar-refractivity contribution in [3.63, 3.8) is 0 Å². The molecule has 1 fully saturated rings. The van der Waals surface area contributed by atoms with Gasteiger partial charge < -0.3 is 24.0 Å². The fourth-order valence-electron chi connectivity index (χ4n) is 3.25. The van der Waals surface area contributed by atoms with Gasteiger partial charge in [-0.05, 0) is 30.5 Å². The van der Waals surface area contributed by atoms with Crippen molar-refractivity contribution in [2.24, 2.45) is 0 Å². The van der Waals surface area contributed by atoms with Gasteiger partial charge in [0.25, 0.3) is 11.8 Å². The van der Waals surface area contributed by atoms with Gasteiger partial charge in [-0.15, -0.1) is 11.3 Å². The largest absolute Gasteiger partial charge is 0.459 e. The van der Waals surface area contributed by atoms with Crippen LogP contribution >= 0.6 is 11.3 Å². The Morgan fingerprint density at radius 3 is 2.70 bits per heavy atom. The standard InChI is InChI=1S/C20H19N5O4S/c1-13(22-17(26)16-5-3-11-30-16)19(27)24-6-8-25(9-7-24)20-14(12-21)23-18(29-20)15-4-2-10-28-15/h2-5,10-11,13H,6-9H2,1H3,(H,22,26)/t13-/m1/s1. The van der Waals surface area contributed by atoms with E-state index in [1.807, 2.05) is 16.3 Å². The van der Waals surface area contributed by atoms with Gasteiger partial charge >= 0.3 is 0 Å². The summed E-state index contributed by atoms with van der Waals surface area (Å²) in [5, 5.41) is 14.0. The van der Waals surface area contributed by atoms with E-state index in [1.54, 1.807) is 36.1 Å². The highest BCUT2D eigenvalue weighted by molar-refractivity contribution is 7.12. The first-order valence-electron chi connectivity index (χ1n) is 9.39. The van der Waals surface area contributed by atoms with Crippen LogP contribution in [0.15, 0.2) is 44.7 Å². The van der Waals surface area contributed by atoms with Crippen LogP contribution in [0.25, 0.3) is 11.7 Å². The zero-order valence-corrected chi connectivity index (χ0v) is 17.0. The second-order valence-electron chi connectivity index (χ2n) is 6.75. The van der Waals surface area contributed by atoms with Crippen LogP contribution < -0.4 is 10.2 Å². The van der Waals surface area contributed by atoms with Gasteiger partial charge in [-0.1, -0.05) is 6.07 Å². The summed E-state index contributed by atoms with van der Waals surface area (Å²) in [7, 11) is 0. The van der Waals surface area contributed by atoms with E-state index in [0.29, 0.717) is 42.7 Å². The Morgan fingerprint density at radius 2 is 2.07 bits per heavy atom. The van der Waals surface area contributed by atoms with Gasteiger partial charge in [0.15, 0.2) is 5.76 Å². The second kappa shape index (κ2) is 8.42. The highest BCUT2D eigenvalue weighted by Crippen LogP contribution is 2.29. The number of carbonyl (C=O) groups excluding carboxylic acids is 2. The average molecular weight is 425 g/mol. The molecule has 0 saturated carbocycles. The van der Waals surface area contributed by atoms with Crippen molar-refractivity contribution in [1.82, 2.24) is 15.2 Å². The number of aromatic nitrogens is 1. The molecule has 1 saturated heterocycles. The molecule has 3 aromatic rings. The SMILES string of the molecule is C[C@@H](NC(=O)c1cccs1)C(=O)N1CCN(c2oc(-c3ccco3)nc2C#N)CC1. The molecule has 0 bridgehead atoms. The molecular formula is C20H19N5O4S. The first-order valence-corrected chi connectivity index (χ1v) is 10.3. The molecule has 1 N–H and O–H groups in total. The van der Waals surface area contributed by atoms with Crippen molar-refractivity contribution in [3.8, 4) is 17.7 Å². The predicted molar refractivity (Wildman–Crippen MR) is 109 cm³/mol. The fraction of sp³-hybridized carbons (Fsp3) is 0.300. The highest BCUT2D eigenvalue weighted by atomic mass is 32.1. The third-order valence-corrected chi connectivity index (χ3v) is 5.66. The molecule has 2 amide bonds. The number of amides is 2. The van der Waals surface area contributed by atoms with Crippen molar-refractivity contribution in [2.45, 2.75) is 13.0 Å². The lowest BCUT2D eigenvalue weighted by Gasteiger charge is -2.35. The number of thiophene rings is 1. The summed E-state index contributed by atoms with van der Waals surface area (Å²) in [5.74, 6) is 0.663. The van der Waals surface area contributed by atoms with Crippen LogP contribution in [0.1, 0.15) is 22.3 Å². The quantitative estimate of drug-likeness (QED) is 0.667. The van der Waals surface area contributed by atoms with Gasteiger partial charge in [0, 0.05) is 26.2 Å². The lowest BCUT2D eigenvalue weighted by Crippen LogP contribution is -2.54. The lowest BCUT2D eigenvalue weighted by molar-refractivity contribution is -0.133. The summed E-state index contributed by atoms with van der Waals surface area (Å²) >= 11 is 1.33. The van der Waals surface area contributed by atoms with E-state index in [9.17, 15) is 14.9 Å². The van der Waals surface area contributed by atoms with Crippen LogP contribution in [-0.4, -0.2) is 53.9 Å². The topological polar surface area (TPSA) is 116 Å². The monoisotopic (exact) mass is 425 g/mol. The Labute approximate surface area is 176 Å². The fourth-order valence-corrected chi connectivity index (χ4v) is 3.87. The second-order valence-corrected chi connectivity index (χ2v) is 7.69. The van der Waals surface area contributed by atoms with E-state index in [0.717, 1.165) is 0 Å². The van der Waals surface area contributed by atoms with Crippen molar-refractivity contribution < 1.29 is 18.4 Å². The molecule has 3 aromatic heterocycles. The Kier molecular flexibility index (Phi) is 5.54. The number of hydrogen-bond donors (Lipinski definition) is 1. The summed E-state index contributed by atoms with van der Waals surface area (Å²) in [4.78, 5) is 33.2. The van der Waals surface area contributed by atoms with Crippen LogP contribution in [0, 0.1) is 11.3 Å². The number of rotatable bonds is 5. The van der Waals surface area contributed by atoms with Crippen LogP contribution in [0.5, 0.6) is 0 Å². The Hall–Kier alpha value is -3.58. The van der Waals surface area contributed by atoms with Crippen molar-refractivity contribution in [1.29, 1.82) is 5.26 Å². The van der Waals surface area contributed by atoms with E-state index >= 15 is 0 Å². The number of hydrogen-bond acceptors (Lipinski definition) is 8. The maximum absolute atomic E-state index is 12.7. The molecule has 0 radical (unpaired) electrons. The molecule has 4 heterocycles. The maximum Gasteiger partial charge on any atom is 0.266 e. The molecule has 4 rings (SSSR count). The molecule has 1 aliphatic heterocycles. The summed E-state index contributed by atoms with van der Waals surface area (Å²) in [6, 6.07) is 8.36. The van der Waals surface area contributed by atoms with Crippen molar-refractivity contribution in [3.05, 3.63) is 46.5 Å². The highest BCUT2D eigenvalue weighted by Gasteiger charge is 2.29. The number of nitrogens with zero attached hydrogens (tertiary/aromatic N) is 4. The molecule has 0 aliphatic carbocycles. The van der Waals surface area contributed by atoms with Gasteiger partial charge in [-0.25, -0.2) is 0 Å². The van der Waals surface area contributed by atoms with Crippen molar-refractivity contribution in [2.75, 3.05) is 31.1 Å². The van der Waals surface area contributed by atoms with Gasteiger partial charge in [0.1, 0.15) is 12.1 Å². The number of nitrogens with one attached hydrogen (secondary N) is 1. The molecule has 0 spiro atoms. The molecular weight excluding hydrogens is 406 g/mol. The molecule has 1 aliphatic rings. The molecule has 10 heteroatoms.